The van der Waals surface area contributed by atoms with Crippen molar-refractivity contribution in [1.82, 2.24) is 30.0 Å². The molecule has 2 aromatic heterocycles. The van der Waals surface area contributed by atoms with Crippen LogP contribution in [0.5, 0.6) is 0 Å². The predicted octanol–water partition coefficient (Wildman–Crippen LogP) is 2.14. The van der Waals surface area contributed by atoms with E-state index >= 15 is 0 Å². The van der Waals surface area contributed by atoms with Crippen molar-refractivity contribution in [2.75, 3.05) is 6.54 Å². The fraction of sp³-hybridized carbons (Fsp3) is 0.611. The van der Waals surface area contributed by atoms with Crippen molar-refractivity contribution in [2.45, 2.75) is 54.3 Å². The van der Waals surface area contributed by atoms with Gasteiger partial charge >= 0.3 is 0 Å². The Morgan fingerprint density at radius 1 is 1.28 bits per heavy atom. The van der Waals surface area contributed by atoms with Crippen LogP contribution in [0.3, 0.4) is 0 Å². The van der Waals surface area contributed by atoms with Crippen molar-refractivity contribution in [2.24, 2.45) is 18.0 Å². The summed E-state index contributed by atoms with van der Waals surface area (Å²) in [6, 6.07) is 0. The summed E-state index contributed by atoms with van der Waals surface area (Å²) >= 11 is 0. The lowest BCUT2D eigenvalue weighted by atomic mass is 10.2. The third kappa shape index (κ3) is 5.08. The smallest absolute Gasteiger partial charge is 0.191 e. The maximum absolute atomic E-state index is 4.71. The minimum Gasteiger partial charge on any atom is -0.357 e. The summed E-state index contributed by atoms with van der Waals surface area (Å²) in [4.78, 5) is 9.17. The molecule has 0 radical (unpaired) electrons. The van der Waals surface area contributed by atoms with Crippen LogP contribution in [0.2, 0.25) is 0 Å². The quantitative estimate of drug-likeness (QED) is 0.596. The molecule has 2 N–H and O–H groups in total. The lowest BCUT2D eigenvalue weighted by Crippen LogP contribution is -2.37. The standard InChI is InChI=1S/C18H31N7/c1-7-19-18(21-10-16-14(4)23-24(6)15(16)5)22-11-17-20-8-9-25(17)12-13(2)3/h8-9,13H,7,10-12H2,1-6H3,(H2,19,21,22). The van der Waals surface area contributed by atoms with Gasteiger partial charge in [0.1, 0.15) is 5.82 Å². The molecular formula is C18H31N7. The molecule has 0 aromatic carbocycles. The second-order valence-electron chi connectivity index (χ2n) is 6.71. The predicted molar refractivity (Wildman–Crippen MR) is 101 cm³/mol. The van der Waals surface area contributed by atoms with Crippen LogP contribution in [0.15, 0.2) is 17.4 Å². The van der Waals surface area contributed by atoms with Crippen molar-refractivity contribution in [1.29, 1.82) is 0 Å². The Morgan fingerprint density at radius 2 is 2.04 bits per heavy atom. The summed E-state index contributed by atoms with van der Waals surface area (Å²) in [5.74, 6) is 2.41. The lowest BCUT2D eigenvalue weighted by Gasteiger charge is -2.13. The number of nitrogens with one attached hydrogen (secondary N) is 2. The number of guanidine groups is 1. The van der Waals surface area contributed by atoms with Gasteiger partial charge in [-0.2, -0.15) is 5.10 Å². The van der Waals surface area contributed by atoms with Crippen LogP contribution >= 0.6 is 0 Å². The van der Waals surface area contributed by atoms with Crippen LogP contribution in [-0.2, 0) is 26.7 Å². The van der Waals surface area contributed by atoms with Crippen molar-refractivity contribution in [3.63, 3.8) is 0 Å². The first kappa shape index (κ1) is 19.0. The summed E-state index contributed by atoms with van der Waals surface area (Å²) in [5.41, 5.74) is 3.37. The van der Waals surface area contributed by atoms with Crippen molar-refractivity contribution in [3.05, 3.63) is 35.2 Å². The average molecular weight is 345 g/mol. The zero-order valence-electron chi connectivity index (χ0n) is 16.3. The maximum Gasteiger partial charge on any atom is 0.191 e. The molecule has 0 fully saturated rings. The van der Waals surface area contributed by atoms with E-state index in [4.69, 9.17) is 4.99 Å². The minimum atomic E-state index is 0.589. The van der Waals surface area contributed by atoms with Gasteiger partial charge in [0.15, 0.2) is 5.96 Å². The van der Waals surface area contributed by atoms with E-state index in [9.17, 15) is 0 Å². The van der Waals surface area contributed by atoms with Crippen molar-refractivity contribution < 1.29 is 0 Å². The monoisotopic (exact) mass is 345 g/mol. The first-order chi connectivity index (χ1) is 11.9. The summed E-state index contributed by atoms with van der Waals surface area (Å²) in [6.45, 7) is 13.6. The molecule has 138 valence electrons. The Balaban J connectivity index is 2.04. The van der Waals surface area contributed by atoms with E-state index in [1.807, 2.05) is 31.0 Å². The van der Waals surface area contributed by atoms with E-state index < -0.39 is 0 Å². The number of imidazole rings is 1. The molecule has 0 aliphatic carbocycles. The number of rotatable bonds is 7. The summed E-state index contributed by atoms with van der Waals surface area (Å²) in [6.07, 6.45) is 3.88. The van der Waals surface area contributed by atoms with Crippen molar-refractivity contribution in [3.8, 4) is 0 Å². The van der Waals surface area contributed by atoms with Crippen LogP contribution < -0.4 is 10.6 Å². The molecule has 7 heteroatoms. The summed E-state index contributed by atoms with van der Waals surface area (Å²) < 4.78 is 4.10. The third-order valence-corrected chi connectivity index (χ3v) is 4.18. The molecule has 0 bridgehead atoms. The summed E-state index contributed by atoms with van der Waals surface area (Å²) in [5, 5.41) is 11.1. The highest BCUT2D eigenvalue weighted by Gasteiger charge is 2.10. The third-order valence-electron chi connectivity index (χ3n) is 4.18. The molecule has 0 aliphatic heterocycles. The Morgan fingerprint density at radius 3 is 2.64 bits per heavy atom. The number of aromatic nitrogens is 4. The van der Waals surface area contributed by atoms with Gasteiger partial charge in [0.25, 0.3) is 0 Å². The topological polar surface area (TPSA) is 72.1 Å². The van der Waals surface area contributed by atoms with E-state index in [2.05, 4.69) is 53.0 Å². The zero-order valence-corrected chi connectivity index (χ0v) is 16.3. The van der Waals surface area contributed by atoms with Crippen LogP contribution in [0.4, 0.5) is 0 Å². The second-order valence-corrected chi connectivity index (χ2v) is 6.71. The van der Waals surface area contributed by atoms with E-state index in [-0.39, 0.29) is 0 Å². The Labute approximate surface area is 150 Å². The van der Waals surface area contributed by atoms with Crippen LogP contribution in [-0.4, -0.2) is 31.8 Å². The maximum atomic E-state index is 4.71. The molecule has 0 amide bonds. The Kier molecular flexibility index (Phi) is 6.61. The molecule has 0 saturated carbocycles. The van der Waals surface area contributed by atoms with E-state index in [0.717, 1.165) is 36.3 Å². The highest BCUT2D eigenvalue weighted by atomic mass is 15.3. The first-order valence-electron chi connectivity index (χ1n) is 8.93. The van der Waals surface area contributed by atoms with Crippen molar-refractivity contribution >= 4 is 5.96 Å². The Hall–Kier alpha value is -2.31. The molecule has 0 unspecified atom stereocenters. The second kappa shape index (κ2) is 8.69. The largest absolute Gasteiger partial charge is 0.357 e. The molecule has 2 rings (SSSR count). The zero-order chi connectivity index (χ0) is 18.4. The molecule has 0 saturated heterocycles. The van der Waals surface area contributed by atoms with Crippen LogP contribution in [0, 0.1) is 19.8 Å². The van der Waals surface area contributed by atoms with Gasteiger partial charge in [0, 0.05) is 43.8 Å². The average Bonchev–Trinajstić information content (AvgIpc) is 3.07. The molecule has 2 aromatic rings. The van der Waals surface area contributed by atoms with Crippen LogP contribution in [0.25, 0.3) is 0 Å². The number of hydrogen-bond acceptors (Lipinski definition) is 3. The minimum absolute atomic E-state index is 0.589. The van der Waals surface area contributed by atoms with Gasteiger partial charge in [-0.25, -0.2) is 9.98 Å². The fourth-order valence-electron chi connectivity index (χ4n) is 2.78. The van der Waals surface area contributed by atoms with E-state index in [1.54, 1.807) is 0 Å². The SMILES string of the molecule is CCNC(=NCc1c(C)nn(C)c1C)NCc1nccn1CC(C)C. The number of nitrogens with zero attached hydrogens (tertiary/aromatic N) is 5. The normalized spacial score (nSPS) is 12.0. The molecule has 25 heavy (non-hydrogen) atoms. The highest BCUT2D eigenvalue weighted by molar-refractivity contribution is 5.79. The van der Waals surface area contributed by atoms with Gasteiger partial charge in [0.2, 0.25) is 0 Å². The summed E-state index contributed by atoms with van der Waals surface area (Å²) in [7, 11) is 1.97. The van der Waals surface area contributed by atoms with E-state index in [0.29, 0.717) is 19.0 Å². The fourth-order valence-corrected chi connectivity index (χ4v) is 2.78. The lowest BCUT2D eigenvalue weighted by molar-refractivity contribution is 0.503. The van der Waals surface area contributed by atoms with Gasteiger partial charge in [-0.15, -0.1) is 0 Å². The van der Waals surface area contributed by atoms with Crippen LogP contribution in [0.1, 0.15) is 43.5 Å². The molecule has 0 atom stereocenters. The Bertz CT molecular complexity index is 709. The van der Waals surface area contributed by atoms with Gasteiger partial charge in [-0.05, 0) is 26.7 Å². The highest BCUT2D eigenvalue weighted by Crippen LogP contribution is 2.12. The van der Waals surface area contributed by atoms with Gasteiger partial charge < -0.3 is 15.2 Å². The van der Waals surface area contributed by atoms with Gasteiger partial charge in [-0.3, -0.25) is 4.68 Å². The first-order valence-corrected chi connectivity index (χ1v) is 8.93. The molecule has 2 heterocycles. The molecule has 7 nitrogen and oxygen atoms in total. The number of aliphatic imine (C=N–C) groups is 1. The molecule has 0 aliphatic rings. The van der Waals surface area contributed by atoms with E-state index in [1.165, 1.54) is 5.56 Å². The number of hydrogen-bond donors (Lipinski definition) is 2. The molecular weight excluding hydrogens is 314 g/mol. The number of aryl methyl sites for hydroxylation is 2. The molecule has 0 spiro atoms. The van der Waals surface area contributed by atoms with Gasteiger partial charge in [0.05, 0.1) is 18.8 Å². The van der Waals surface area contributed by atoms with Gasteiger partial charge in [-0.1, -0.05) is 13.8 Å².